The van der Waals surface area contributed by atoms with Crippen molar-refractivity contribution in [2.45, 2.75) is 26.7 Å². The van der Waals surface area contributed by atoms with Crippen LogP contribution < -0.4 is 11.2 Å². The zero-order chi connectivity index (χ0) is 15.2. The highest BCUT2D eigenvalue weighted by Crippen LogP contribution is 2.38. The highest BCUT2D eigenvalue weighted by atomic mass is 79.9. The van der Waals surface area contributed by atoms with Gasteiger partial charge in [-0.3, -0.25) is 5.41 Å². The first kappa shape index (κ1) is 14.1. The summed E-state index contributed by atoms with van der Waals surface area (Å²) in [6.07, 6.45) is 1.83. The third-order valence-corrected chi connectivity index (χ3v) is 4.23. The van der Waals surface area contributed by atoms with E-state index >= 15 is 0 Å². The summed E-state index contributed by atoms with van der Waals surface area (Å²) < 4.78 is 1.04. The van der Waals surface area contributed by atoms with Gasteiger partial charge in [0.25, 0.3) is 0 Å². The molecular formula is C15H18BrN5. The lowest BCUT2D eigenvalue weighted by atomic mass is 9.75. The van der Waals surface area contributed by atoms with E-state index in [2.05, 4.69) is 57.4 Å². The minimum Gasteiger partial charge on any atom is -0.369 e. The Morgan fingerprint density at radius 1 is 1.43 bits per heavy atom. The number of guanidine groups is 1. The Hall–Kier alpha value is -1.82. The first-order valence-corrected chi connectivity index (χ1v) is 7.62. The second-order valence-corrected chi connectivity index (χ2v) is 7.19. The molecule has 0 radical (unpaired) electrons. The monoisotopic (exact) mass is 347 g/mol. The summed E-state index contributed by atoms with van der Waals surface area (Å²) in [4.78, 5) is 3.50. The number of rotatable bonds is 1. The maximum absolute atomic E-state index is 7.30. The maximum Gasteiger partial charge on any atom is 0.206 e. The van der Waals surface area contributed by atoms with Crippen molar-refractivity contribution in [1.82, 2.24) is 10.4 Å². The number of aromatic nitrogens is 1. The van der Waals surface area contributed by atoms with E-state index in [4.69, 9.17) is 11.1 Å². The molecule has 0 fully saturated rings. The Balaban J connectivity index is 2.20. The fraction of sp³-hybridized carbons (Fsp3) is 0.333. The number of nitrogens with one attached hydrogen (secondary N) is 3. The number of aromatic amines is 1. The van der Waals surface area contributed by atoms with E-state index in [1.54, 1.807) is 0 Å². The molecule has 2 aromatic rings. The van der Waals surface area contributed by atoms with Gasteiger partial charge in [0.1, 0.15) is 0 Å². The van der Waals surface area contributed by atoms with E-state index in [9.17, 15) is 0 Å². The number of hydrogen-bond donors (Lipinski definition) is 4. The van der Waals surface area contributed by atoms with Crippen molar-refractivity contribution in [3.8, 4) is 0 Å². The zero-order valence-corrected chi connectivity index (χ0v) is 13.6. The number of hydrogen-bond acceptors (Lipinski definition) is 2. The van der Waals surface area contributed by atoms with Crippen LogP contribution in [0.5, 0.6) is 0 Å². The molecule has 1 aromatic carbocycles. The lowest BCUT2D eigenvalue weighted by molar-refractivity contribution is 0.369. The fourth-order valence-electron chi connectivity index (χ4n) is 2.99. The molecule has 5 N–H and O–H groups in total. The first-order valence-electron chi connectivity index (χ1n) is 6.83. The predicted molar refractivity (Wildman–Crippen MR) is 89.7 cm³/mol. The van der Waals surface area contributed by atoms with Crippen LogP contribution in [0.1, 0.15) is 31.5 Å². The van der Waals surface area contributed by atoms with Crippen molar-refractivity contribution in [2.75, 3.05) is 0 Å². The summed E-state index contributed by atoms with van der Waals surface area (Å²) in [5, 5.41) is 12.8. The molecule has 0 spiro atoms. The van der Waals surface area contributed by atoms with Gasteiger partial charge in [-0.05, 0) is 36.5 Å². The molecular weight excluding hydrogens is 330 g/mol. The first-order chi connectivity index (χ1) is 9.85. The van der Waals surface area contributed by atoms with E-state index in [0.717, 1.165) is 39.5 Å². The van der Waals surface area contributed by atoms with Crippen molar-refractivity contribution in [1.29, 1.82) is 5.41 Å². The molecule has 0 aliphatic heterocycles. The molecule has 0 saturated heterocycles. The fourth-order valence-corrected chi connectivity index (χ4v) is 3.35. The van der Waals surface area contributed by atoms with Gasteiger partial charge in [-0.15, -0.1) is 0 Å². The van der Waals surface area contributed by atoms with E-state index in [1.807, 2.05) is 6.07 Å². The summed E-state index contributed by atoms with van der Waals surface area (Å²) >= 11 is 3.53. The molecule has 1 heterocycles. The average Bonchev–Trinajstić information content (AvgIpc) is 2.71. The van der Waals surface area contributed by atoms with Gasteiger partial charge in [0.15, 0.2) is 0 Å². The van der Waals surface area contributed by atoms with Crippen LogP contribution in [0.25, 0.3) is 10.9 Å². The second kappa shape index (κ2) is 4.87. The number of halogens is 1. The van der Waals surface area contributed by atoms with Gasteiger partial charge in [0.05, 0.1) is 5.71 Å². The molecule has 0 unspecified atom stereocenters. The van der Waals surface area contributed by atoms with Gasteiger partial charge >= 0.3 is 0 Å². The van der Waals surface area contributed by atoms with E-state index in [-0.39, 0.29) is 11.4 Å². The molecule has 6 heteroatoms. The summed E-state index contributed by atoms with van der Waals surface area (Å²) in [5.74, 6) is -0.145. The van der Waals surface area contributed by atoms with Crippen LogP contribution >= 0.6 is 15.9 Å². The normalized spacial score (nSPS) is 18.7. The topological polar surface area (TPSA) is 90.1 Å². The van der Waals surface area contributed by atoms with E-state index in [0.29, 0.717) is 0 Å². The van der Waals surface area contributed by atoms with Crippen LogP contribution in [-0.4, -0.2) is 16.7 Å². The van der Waals surface area contributed by atoms with Crippen LogP contribution in [-0.2, 0) is 6.42 Å². The van der Waals surface area contributed by atoms with Gasteiger partial charge < -0.3 is 10.7 Å². The van der Waals surface area contributed by atoms with E-state index in [1.165, 1.54) is 5.69 Å². The van der Waals surface area contributed by atoms with Gasteiger partial charge in [0.2, 0.25) is 5.96 Å². The molecule has 1 aliphatic rings. The molecule has 0 bridgehead atoms. The Bertz CT molecular complexity index is 757. The van der Waals surface area contributed by atoms with Crippen molar-refractivity contribution in [3.05, 3.63) is 33.9 Å². The largest absolute Gasteiger partial charge is 0.369 e. The van der Waals surface area contributed by atoms with Crippen molar-refractivity contribution in [3.63, 3.8) is 0 Å². The van der Waals surface area contributed by atoms with Crippen LogP contribution in [0.3, 0.4) is 0 Å². The van der Waals surface area contributed by atoms with Crippen LogP contribution in [0.4, 0.5) is 0 Å². The molecule has 110 valence electrons. The third kappa shape index (κ3) is 2.68. The molecule has 0 atom stereocenters. The molecule has 0 amide bonds. The number of H-pyrrole nitrogens is 1. The molecule has 3 rings (SSSR count). The average molecular weight is 348 g/mol. The van der Waals surface area contributed by atoms with Gasteiger partial charge in [-0.25, -0.2) is 5.43 Å². The Labute approximate surface area is 131 Å². The molecule has 1 aromatic heterocycles. The standard InChI is InChI=1S/C15H18BrN5/c1-15(2)6-11-13(12(7-15)20-21-14(17)18)9-5-8(16)3-4-10(9)19-11/h3-5,19H,6-7H2,1-2H3,(H4,17,18,21). The Morgan fingerprint density at radius 3 is 2.90 bits per heavy atom. The highest BCUT2D eigenvalue weighted by Gasteiger charge is 2.32. The summed E-state index contributed by atoms with van der Waals surface area (Å²) in [7, 11) is 0. The minimum absolute atomic E-state index is 0.127. The third-order valence-electron chi connectivity index (χ3n) is 3.74. The summed E-state index contributed by atoms with van der Waals surface area (Å²) in [6.45, 7) is 4.45. The van der Waals surface area contributed by atoms with Gasteiger partial charge in [-0.1, -0.05) is 29.8 Å². The number of nitrogens with two attached hydrogens (primary N) is 1. The smallest absolute Gasteiger partial charge is 0.206 e. The second-order valence-electron chi connectivity index (χ2n) is 6.27. The minimum atomic E-state index is -0.145. The Morgan fingerprint density at radius 2 is 2.19 bits per heavy atom. The van der Waals surface area contributed by atoms with Gasteiger partial charge in [-0.2, -0.15) is 5.10 Å². The van der Waals surface area contributed by atoms with Crippen LogP contribution in [0, 0.1) is 10.8 Å². The molecule has 5 nitrogen and oxygen atoms in total. The SMILES string of the molecule is CC1(C)CC(=NNC(=N)N)c2c([nH]c3ccc(Br)cc23)C1. The van der Waals surface area contributed by atoms with Gasteiger partial charge in [0, 0.05) is 26.6 Å². The van der Waals surface area contributed by atoms with Crippen molar-refractivity contribution >= 4 is 38.5 Å². The van der Waals surface area contributed by atoms with Crippen molar-refractivity contribution < 1.29 is 0 Å². The molecule has 1 aliphatic carbocycles. The molecule has 0 saturated carbocycles. The van der Waals surface area contributed by atoms with Crippen LogP contribution in [0.2, 0.25) is 0 Å². The highest BCUT2D eigenvalue weighted by molar-refractivity contribution is 9.10. The summed E-state index contributed by atoms with van der Waals surface area (Å²) in [5.41, 5.74) is 12.5. The number of benzene rings is 1. The predicted octanol–water partition coefficient (Wildman–Crippen LogP) is 3.09. The lowest BCUT2D eigenvalue weighted by Crippen LogP contribution is -2.31. The number of nitrogens with zero attached hydrogens (tertiary/aromatic N) is 1. The quantitative estimate of drug-likeness (QED) is 0.362. The zero-order valence-electron chi connectivity index (χ0n) is 12.0. The maximum atomic E-state index is 7.30. The lowest BCUT2D eigenvalue weighted by Gasteiger charge is -2.30. The summed E-state index contributed by atoms with van der Waals surface area (Å²) in [6, 6.07) is 6.20. The van der Waals surface area contributed by atoms with Crippen LogP contribution in [0.15, 0.2) is 27.8 Å². The number of fused-ring (bicyclic) bond motifs is 3. The Kier molecular flexibility index (Phi) is 3.28. The van der Waals surface area contributed by atoms with E-state index < -0.39 is 0 Å². The number of hydrazone groups is 1. The van der Waals surface area contributed by atoms with Crippen molar-refractivity contribution in [2.24, 2.45) is 16.3 Å². The molecule has 21 heavy (non-hydrogen) atoms.